The predicted molar refractivity (Wildman–Crippen MR) is 82.2 cm³/mol. The molecule has 2 aromatic rings. The fourth-order valence-corrected chi connectivity index (χ4v) is 2.04. The highest BCUT2D eigenvalue weighted by atomic mass is 16.2. The molecule has 4 heteroatoms. The Morgan fingerprint density at radius 1 is 1.19 bits per heavy atom. The minimum atomic E-state index is 0.0114. The maximum absolute atomic E-state index is 12.2. The molecule has 0 bridgehead atoms. The van der Waals surface area contributed by atoms with Crippen molar-refractivity contribution in [3.05, 3.63) is 65.2 Å². The molecule has 0 unspecified atom stereocenters. The Hall–Kier alpha value is -2.80. The number of amides is 1. The summed E-state index contributed by atoms with van der Waals surface area (Å²) in [6.07, 6.45) is 0.291. The van der Waals surface area contributed by atoms with Gasteiger partial charge in [0.05, 0.1) is 18.1 Å². The van der Waals surface area contributed by atoms with Gasteiger partial charge < -0.3 is 10.6 Å². The summed E-state index contributed by atoms with van der Waals surface area (Å²) in [5, 5.41) is 8.76. The standard InChI is InChI=1S/C17H17N3O/c1-20(12-14-8-6-13(11-18)7-9-14)17(21)10-15-4-2-3-5-16(15)19/h2-9H,10,12,19H2,1H3. The first kappa shape index (κ1) is 14.6. The van der Waals surface area contributed by atoms with E-state index in [-0.39, 0.29) is 5.91 Å². The fraction of sp³-hybridized carbons (Fsp3) is 0.176. The third-order valence-electron chi connectivity index (χ3n) is 3.33. The predicted octanol–water partition coefficient (Wildman–Crippen LogP) is 2.34. The maximum Gasteiger partial charge on any atom is 0.227 e. The fourth-order valence-electron chi connectivity index (χ4n) is 2.04. The number of rotatable bonds is 4. The largest absolute Gasteiger partial charge is 0.398 e. The van der Waals surface area contributed by atoms with E-state index in [1.54, 1.807) is 30.1 Å². The molecule has 0 aliphatic rings. The van der Waals surface area contributed by atoms with Gasteiger partial charge in [-0.2, -0.15) is 5.26 Å². The molecule has 0 spiro atoms. The minimum absolute atomic E-state index is 0.0114. The third-order valence-corrected chi connectivity index (χ3v) is 3.33. The number of anilines is 1. The molecule has 1 amide bonds. The molecule has 2 N–H and O–H groups in total. The number of hydrogen-bond donors (Lipinski definition) is 1. The zero-order chi connectivity index (χ0) is 15.2. The van der Waals surface area contributed by atoms with Crippen LogP contribution in [-0.2, 0) is 17.8 Å². The number of hydrogen-bond acceptors (Lipinski definition) is 3. The molecule has 0 aromatic heterocycles. The molecule has 0 fully saturated rings. The molecule has 0 saturated carbocycles. The van der Waals surface area contributed by atoms with E-state index < -0.39 is 0 Å². The second-order valence-corrected chi connectivity index (χ2v) is 4.93. The number of benzene rings is 2. The van der Waals surface area contributed by atoms with Gasteiger partial charge in [0.15, 0.2) is 0 Å². The number of carbonyl (C=O) groups is 1. The summed E-state index contributed by atoms with van der Waals surface area (Å²) >= 11 is 0. The van der Waals surface area contributed by atoms with Crippen LogP contribution in [-0.4, -0.2) is 17.9 Å². The number of carbonyl (C=O) groups excluding carboxylic acids is 1. The highest BCUT2D eigenvalue weighted by molar-refractivity contribution is 5.80. The van der Waals surface area contributed by atoms with E-state index in [0.29, 0.717) is 24.2 Å². The van der Waals surface area contributed by atoms with Crippen molar-refractivity contribution in [2.75, 3.05) is 12.8 Å². The Morgan fingerprint density at radius 3 is 2.48 bits per heavy atom. The van der Waals surface area contributed by atoms with Gasteiger partial charge in [0.25, 0.3) is 0 Å². The van der Waals surface area contributed by atoms with Gasteiger partial charge in [-0.3, -0.25) is 4.79 Å². The van der Waals surface area contributed by atoms with Crippen LogP contribution in [0.5, 0.6) is 0 Å². The molecule has 0 atom stereocenters. The topological polar surface area (TPSA) is 70.1 Å². The van der Waals surface area contributed by atoms with Crippen LogP contribution in [0.1, 0.15) is 16.7 Å². The van der Waals surface area contributed by atoms with Gasteiger partial charge in [0.2, 0.25) is 5.91 Å². The first-order chi connectivity index (χ1) is 10.1. The zero-order valence-corrected chi connectivity index (χ0v) is 11.9. The molecule has 2 rings (SSSR count). The van der Waals surface area contributed by atoms with Crippen molar-refractivity contribution in [1.82, 2.24) is 4.90 Å². The Labute approximate surface area is 124 Å². The van der Waals surface area contributed by atoms with Gasteiger partial charge in [-0.15, -0.1) is 0 Å². The van der Waals surface area contributed by atoms with Gasteiger partial charge in [0.1, 0.15) is 0 Å². The van der Waals surface area contributed by atoms with Crippen LogP contribution in [0.25, 0.3) is 0 Å². The van der Waals surface area contributed by atoms with Crippen molar-refractivity contribution in [2.45, 2.75) is 13.0 Å². The molecule has 0 radical (unpaired) electrons. The molecule has 0 aliphatic carbocycles. The SMILES string of the molecule is CN(Cc1ccc(C#N)cc1)C(=O)Cc1ccccc1N. The number of likely N-dealkylation sites (N-methyl/N-ethyl adjacent to an activating group) is 1. The molecule has 21 heavy (non-hydrogen) atoms. The maximum atomic E-state index is 12.2. The lowest BCUT2D eigenvalue weighted by atomic mass is 10.1. The Morgan fingerprint density at radius 2 is 1.86 bits per heavy atom. The van der Waals surface area contributed by atoms with Gasteiger partial charge in [0, 0.05) is 19.3 Å². The minimum Gasteiger partial charge on any atom is -0.398 e. The molecular formula is C17H17N3O. The number of nitrogens with zero attached hydrogens (tertiary/aromatic N) is 2. The van der Waals surface area contributed by atoms with Gasteiger partial charge in [-0.1, -0.05) is 30.3 Å². The molecule has 106 valence electrons. The zero-order valence-electron chi connectivity index (χ0n) is 11.9. The van der Waals surface area contributed by atoms with Crippen LogP contribution in [0.3, 0.4) is 0 Å². The Kier molecular flexibility index (Phi) is 4.57. The van der Waals surface area contributed by atoms with E-state index >= 15 is 0 Å². The van der Waals surface area contributed by atoms with Crippen molar-refractivity contribution in [1.29, 1.82) is 5.26 Å². The summed E-state index contributed by atoms with van der Waals surface area (Å²) in [4.78, 5) is 13.9. The van der Waals surface area contributed by atoms with Crippen LogP contribution in [0, 0.1) is 11.3 Å². The summed E-state index contributed by atoms with van der Waals surface area (Å²) in [7, 11) is 1.76. The second kappa shape index (κ2) is 6.58. The second-order valence-electron chi connectivity index (χ2n) is 4.93. The lowest BCUT2D eigenvalue weighted by molar-refractivity contribution is -0.129. The molecule has 0 saturated heterocycles. The lowest BCUT2D eigenvalue weighted by Gasteiger charge is -2.18. The number of nitrogens with two attached hydrogens (primary N) is 1. The summed E-state index contributed by atoms with van der Waals surface area (Å²) in [5.41, 5.74) is 8.94. The summed E-state index contributed by atoms with van der Waals surface area (Å²) < 4.78 is 0. The average Bonchev–Trinajstić information content (AvgIpc) is 2.50. The third kappa shape index (κ3) is 3.83. The quantitative estimate of drug-likeness (QED) is 0.873. The van der Waals surface area contributed by atoms with Crippen molar-refractivity contribution < 1.29 is 4.79 Å². The molecule has 0 heterocycles. The van der Waals surface area contributed by atoms with Crippen molar-refractivity contribution in [2.24, 2.45) is 0 Å². The van der Waals surface area contributed by atoms with E-state index in [9.17, 15) is 4.79 Å². The number of nitrogen functional groups attached to an aromatic ring is 1. The van der Waals surface area contributed by atoms with E-state index in [1.807, 2.05) is 30.3 Å². The van der Waals surface area contributed by atoms with Crippen LogP contribution in [0.2, 0.25) is 0 Å². The van der Waals surface area contributed by atoms with E-state index in [1.165, 1.54) is 0 Å². The number of nitriles is 1. The van der Waals surface area contributed by atoms with Crippen LogP contribution in [0.4, 0.5) is 5.69 Å². The van der Waals surface area contributed by atoms with Gasteiger partial charge in [-0.25, -0.2) is 0 Å². The molecule has 2 aromatic carbocycles. The van der Waals surface area contributed by atoms with Crippen LogP contribution in [0.15, 0.2) is 48.5 Å². The Bertz CT molecular complexity index is 671. The van der Waals surface area contributed by atoms with E-state index in [0.717, 1.165) is 11.1 Å². The van der Waals surface area contributed by atoms with Crippen molar-refractivity contribution in [3.8, 4) is 6.07 Å². The van der Waals surface area contributed by atoms with Crippen LogP contribution >= 0.6 is 0 Å². The Balaban J connectivity index is 1.99. The monoisotopic (exact) mass is 279 g/mol. The summed E-state index contributed by atoms with van der Waals surface area (Å²) in [5.74, 6) is 0.0114. The van der Waals surface area contributed by atoms with E-state index in [2.05, 4.69) is 6.07 Å². The van der Waals surface area contributed by atoms with Crippen LogP contribution < -0.4 is 5.73 Å². The summed E-state index contributed by atoms with van der Waals surface area (Å²) in [6, 6.07) is 16.7. The lowest BCUT2D eigenvalue weighted by Crippen LogP contribution is -2.27. The smallest absolute Gasteiger partial charge is 0.227 e. The van der Waals surface area contributed by atoms with Gasteiger partial charge in [-0.05, 0) is 29.3 Å². The molecule has 4 nitrogen and oxygen atoms in total. The molecule has 0 aliphatic heterocycles. The van der Waals surface area contributed by atoms with Crippen molar-refractivity contribution >= 4 is 11.6 Å². The molecular weight excluding hydrogens is 262 g/mol. The normalized spacial score (nSPS) is 9.90. The summed E-state index contributed by atoms with van der Waals surface area (Å²) in [6.45, 7) is 0.511. The number of para-hydroxylation sites is 1. The van der Waals surface area contributed by atoms with Gasteiger partial charge >= 0.3 is 0 Å². The average molecular weight is 279 g/mol. The first-order valence-electron chi connectivity index (χ1n) is 6.66. The van der Waals surface area contributed by atoms with E-state index in [4.69, 9.17) is 11.0 Å². The highest BCUT2D eigenvalue weighted by Gasteiger charge is 2.11. The van der Waals surface area contributed by atoms with Crippen molar-refractivity contribution in [3.63, 3.8) is 0 Å². The highest BCUT2D eigenvalue weighted by Crippen LogP contribution is 2.13. The first-order valence-corrected chi connectivity index (χ1v) is 6.66.